The number of hydrazine groups is 1. The Morgan fingerprint density at radius 2 is 2.11 bits per heavy atom. The number of hydrogen-bond donors (Lipinski definition) is 3. The van der Waals surface area contributed by atoms with Crippen molar-refractivity contribution in [3.8, 4) is 0 Å². The van der Waals surface area contributed by atoms with Gasteiger partial charge in [-0.15, -0.1) is 4.83 Å². The van der Waals surface area contributed by atoms with Gasteiger partial charge in [0.15, 0.2) is 5.11 Å². The van der Waals surface area contributed by atoms with Crippen molar-refractivity contribution < 1.29 is 13.3 Å². The first-order chi connectivity index (χ1) is 8.24. The summed E-state index contributed by atoms with van der Waals surface area (Å²) in [6, 6.07) is 3.04. The maximum atomic E-state index is 11.7. The smallest absolute Gasteiger partial charge is 0.289 e. The van der Waals surface area contributed by atoms with Gasteiger partial charge in [0.1, 0.15) is 5.02 Å². The summed E-state index contributed by atoms with van der Waals surface area (Å²) in [4.78, 5) is 11.3. The van der Waals surface area contributed by atoms with Crippen molar-refractivity contribution in [2.24, 2.45) is 5.73 Å². The predicted octanol–water partition coefficient (Wildman–Crippen LogP) is 0.275. The molecular formula is C7H7ClN4O4S2. The van der Waals surface area contributed by atoms with Crippen molar-refractivity contribution in [3.05, 3.63) is 33.3 Å². The second-order valence-corrected chi connectivity index (χ2v) is 5.49. The molecule has 8 nitrogen and oxygen atoms in total. The van der Waals surface area contributed by atoms with Gasteiger partial charge in [-0.1, -0.05) is 11.6 Å². The zero-order valence-electron chi connectivity index (χ0n) is 8.58. The van der Waals surface area contributed by atoms with Gasteiger partial charge in [-0.3, -0.25) is 15.5 Å². The van der Waals surface area contributed by atoms with Crippen LogP contribution in [0.15, 0.2) is 23.1 Å². The number of halogens is 1. The number of nitrogens with two attached hydrogens (primary N) is 1. The third-order valence-corrected chi connectivity index (χ3v) is 3.40. The van der Waals surface area contributed by atoms with Crippen LogP contribution in [0.3, 0.4) is 0 Å². The summed E-state index contributed by atoms with van der Waals surface area (Å²) in [6.07, 6.45) is 0. The predicted molar refractivity (Wildman–Crippen MR) is 68.3 cm³/mol. The molecule has 0 amide bonds. The number of nitrogens with zero attached hydrogens (tertiary/aromatic N) is 1. The first kappa shape index (κ1) is 14.6. The third kappa shape index (κ3) is 3.50. The number of benzene rings is 1. The van der Waals surface area contributed by atoms with Crippen LogP contribution < -0.4 is 16.0 Å². The van der Waals surface area contributed by atoms with E-state index in [4.69, 9.17) is 17.3 Å². The van der Waals surface area contributed by atoms with Gasteiger partial charge in [0.2, 0.25) is 0 Å². The fraction of sp³-hybridized carbons (Fsp3) is 0. The molecule has 0 fully saturated rings. The fourth-order valence-corrected chi connectivity index (χ4v) is 2.15. The molecule has 0 saturated heterocycles. The molecule has 4 N–H and O–H groups in total. The number of nitro benzene ring substituents is 1. The van der Waals surface area contributed by atoms with E-state index < -0.39 is 20.6 Å². The lowest BCUT2D eigenvalue weighted by molar-refractivity contribution is -0.384. The van der Waals surface area contributed by atoms with Gasteiger partial charge in [0.05, 0.1) is 9.82 Å². The Labute approximate surface area is 112 Å². The molecule has 0 bridgehead atoms. The average molecular weight is 311 g/mol. The first-order valence-electron chi connectivity index (χ1n) is 4.25. The summed E-state index contributed by atoms with van der Waals surface area (Å²) >= 11 is 9.97. The summed E-state index contributed by atoms with van der Waals surface area (Å²) in [5, 5.41) is 10.2. The molecule has 11 heteroatoms. The van der Waals surface area contributed by atoms with E-state index in [0.717, 1.165) is 18.2 Å². The molecule has 1 aromatic carbocycles. The number of rotatable bonds is 4. The lowest BCUT2D eigenvalue weighted by Gasteiger charge is -2.07. The van der Waals surface area contributed by atoms with Gasteiger partial charge in [-0.05, 0) is 24.4 Å². The van der Waals surface area contributed by atoms with E-state index in [1.54, 1.807) is 0 Å². The van der Waals surface area contributed by atoms with E-state index in [1.807, 2.05) is 10.3 Å². The highest BCUT2D eigenvalue weighted by molar-refractivity contribution is 7.89. The molecule has 0 radical (unpaired) electrons. The quantitative estimate of drug-likeness (QED) is 0.414. The van der Waals surface area contributed by atoms with Crippen molar-refractivity contribution in [1.29, 1.82) is 0 Å². The Morgan fingerprint density at radius 3 is 2.61 bits per heavy atom. The van der Waals surface area contributed by atoms with Crippen LogP contribution in [-0.4, -0.2) is 18.5 Å². The number of nitrogens with one attached hydrogen (secondary N) is 2. The summed E-state index contributed by atoms with van der Waals surface area (Å²) in [5.41, 5.74) is 6.54. The standard InChI is InChI=1S/C7H7ClN4O4S2/c8-5-2-1-4(3-6(5)12(13)14)18(15,16)11-10-7(9)17/h1-3,11H,(H3,9,10,17). The van der Waals surface area contributed by atoms with Crippen molar-refractivity contribution in [3.63, 3.8) is 0 Å². The van der Waals surface area contributed by atoms with Crippen LogP contribution in [0.4, 0.5) is 5.69 Å². The van der Waals surface area contributed by atoms with Crippen LogP contribution >= 0.6 is 23.8 Å². The molecule has 0 spiro atoms. The largest absolute Gasteiger partial charge is 0.375 e. The molecule has 98 valence electrons. The molecule has 0 heterocycles. The summed E-state index contributed by atoms with van der Waals surface area (Å²) in [6.45, 7) is 0. The van der Waals surface area contributed by atoms with E-state index >= 15 is 0 Å². The summed E-state index contributed by atoms with van der Waals surface area (Å²) in [5.74, 6) is 0. The SMILES string of the molecule is NC(=S)NNS(=O)(=O)c1ccc(Cl)c([N+](=O)[O-])c1. The number of nitro groups is 1. The van der Waals surface area contributed by atoms with Crippen molar-refractivity contribution in [1.82, 2.24) is 10.3 Å². The van der Waals surface area contributed by atoms with Gasteiger partial charge in [0.25, 0.3) is 15.7 Å². The number of sulfonamides is 1. The zero-order valence-corrected chi connectivity index (χ0v) is 11.0. The molecular weight excluding hydrogens is 304 g/mol. The second-order valence-electron chi connectivity index (χ2n) is 2.97. The molecule has 1 rings (SSSR count). The van der Waals surface area contributed by atoms with Crippen LogP contribution in [-0.2, 0) is 10.0 Å². The second kappa shape index (κ2) is 5.44. The van der Waals surface area contributed by atoms with E-state index in [-0.39, 0.29) is 15.0 Å². The van der Waals surface area contributed by atoms with Gasteiger partial charge >= 0.3 is 0 Å². The summed E-state index contributed by atoms with van der Waals surface area (Å²) < 4.78 is 23.3. The molecule has 0 aliphatic heterocycles. The normalized spacial score (nSPS) is 10.9. The van der Waals surface area contributed by atoms with Gasteiger partial charge in [-0.2, -0.15) is 0 Å². The van der Waals surface area contributed by atoms with E-state index in [0.29, 0.717) is 0 Å². The Balaban J connectivity index is 3.14. The first-order valence-corrected chi connectivity index (χ1v) is 6.52. The van der Waals surface area contributed by atoms with Crippen molar-refractivity contribution in [2.45, 2.75) is 4.90 Å². The average Bonchev–Trinajstić information content (AvgIpc) is 2.26. The molecule has 0 aliphatic carbocycles. The van der Waals surface area contributed by atoms with Gasteiger partial charge in [-0.25, -0.2) is 8.42 Å². The van der Waals surface area contributed by atoms with Crippen molar-refractivity contribution in [2.75, 3.05) is 0 Å². The third-order valence-electron chi connectivity index (χ3n) is 1.73. The highest BCUT2D eigenvalue weighted by Gasteiger charge is 2.20. The molecule has 0 aromatic heterocycles. The minimum Gasteiger partial charge on any atom is -0.375 e. The number of hydrogen-bond acceptors (Lipinski definition) is 5. The van der Waals surface area contributed by atoms with Crippen LogP contribution in [0.1, 0.15) is 0 Å². The summed E-state index contributed by atoms with van der Waals surface area (Å²) in [7, 11) is -4.02. The van der Waals surface area contributed by atoms with Crippen molar-refractivity contribution >= 4 is 44.6 Å². The Morgan fingerprint density at radius 1 is 1.50 bits per heavy atom. The van der Waals surface area contributed by atoms with E-state index in [1.165, 1.54) is 0 Å². The maximum absolute atomic E-state index is 11.7. The number of thiocarbonyl (C=S) groups is 1. The van der Waals surface area contributed by atoms with Gasteiger partial charge in [0, 0.05) is 6.07 Å². The highest BCUT2D eigenvalue weighted by atomic mass is 35.5. The minimum atomic E-state index is -4.02. The van der Waals surface area contributed by atoms with Crippen LogP contribution in [0.5, 0.6) is 0 Å². The van der Waals surface area contributed by atoms with E-state index in [2.05, 4.69) is 12.2 Å². The highest BCUT2D eigenvalue weighted by Crippen LogP contribution is 2.26. The van der Waals surface area contributed by atoms with Crippen LogP contribution in [0.2, 0.25) is 5.02 Å². The molecule has 0 atom stereocenters. The molecule has 0 saturated carbocycles. The Kier molecular flexibility index (Phi) is 4.40. The fourth-order valence-electron chi connectivity index (χ4n) is 0.976. The molecule has 18 heavy (non-hydrogen) atoms. The van der Waals surface area contributed by atoms with Gasteiger partial charge < -0.3 is 5.73 Å². The Bertz CT molecular complexity index is 603. The topological polar surface area (TPSA) is 127 Å². The lowest BCUT2D eigenvalue weighted by Crippen LogP contribution is -2.44. The van der Waals surface area contributed by atoms with E-state index in [9.17, 15) is 18.5 Å². The zero-order chi connectivity index (χ0) is 13.9. The van der Waals surface area contributed by atoms with Crippen LogP contribution in [0, 0.1) is 10.1 Å². The Hall–Kier alpha value is -1.49. The molecule has 0 aliphatic rings. The minimum absolute atomic E-state index is 0.166. The molecule has 1 aromatic rings. The maximum Gasteiger partial charge on any atom is 0.289 e. The van der Waals surface area contributed by atoms with Crippen LogP contribution in [0.25, 0.3) is 0 Å². The molecule has 0 unspecified atom stereocenters. The lowest BCUT2D eigenvalue weighted by atomic mass is 10.3. The monoisotopic (exact) mass is 310 g/mol.